The first-order chi connectivity index (χ1) is 5.88. The third kappa shape index (κ3) is 3.04. The van der Waals surface area contributed by atoms with Gasteiger partial charge < -0.3 is 4.52 Å². The summed E-state index contributed by atoms with van der Waals surface area (Å²) in [5, 5.41) is 3.41. The van der Waals surface area contributed by atoms with E-state index in [-0.39, 0.29) is 11.8 Å². The summed E-state index contributed by atoms with van der Waals surface area (Å²) < 4.78 is 39.9. The molecule has 1 rings (SSSR count). The second-order valence-electron chi connectivity index (χ2n) is 2.99. The van der Waals surface area contributed by atoms with E-state index < -0.39 is 12.6 Å². The van der Waals surface area contributed by atoms with Crippen molar-refractivity contribution in [1.29, 1.82) is 0 Å². The third-order valence-corrected chi connectivity index (χ3v) is 1.35. The minimum atomic E-state index is -4.29. The Morgan fingerprint density at radius 2 is 2.00 bits per heavy atom. The zero-order valence-electron chi connectivity index (χ0n) is 7.22. The highest BCUT2D eigenvalue weighted by molar-refractivity contribution is 4.92. The molecule has 6 heteroatoms. The Bertz CT molecular complexity index is 280. The molecule has 0 saturated carbocycles. The molecule has 1 heterocycles. The molecule has 0 aromatic carbocycles. The van der Waals surface area contributed by atoms with Crippen LogP contribution >= 0.6 is 0 Å². The summed E-state index contributed by atoms with van der Waals surface area (Å²) in [6.07, 6.45) is -5.45. The number of nitrogens with zero attached hydrogens (tertiary/aromatic N) is 2. The lowest BCUT2D eigenvalue weighted by molar-refractivity contribution is -0.131. The molecule has 1 aromatic rings. The molecule has 0 fully saturated rings. The zero-order valence-corrected chi connectivity index (χ0v) is 7.22. The lowest BCUT2D eigenvalue weighted by atomic mass is 10.2. The van der Waals surface area contributed by atoms with Crippen molar-refractivity contribution in [2.45, 2.75) is 32.4 Å². The van der Waals surface area contributed by atoms with E-state index in [4.69, 9.17) is 0 Å². The van der Waals surface area contributed by atoms with Gasteiger partial charge in [0.05, 0.1) is 0 Å². The van der Waals surface area contributed by atoms with Crippen LogP contribution in [0.2, 0.25) is 0 Å². The fourth-order valence-corrected chi connectivity index (χ4v) is 0.746. The van der Waals surface area contributed by atoms with Crippen LogP contribution in [0.4, 0.5) is 13.2 Å². The van der Waals surface area contributed by atoms with E-state index >= 15 is 0 Å². The Morgan fingerprint density at radius 1 is 1.38 bits per heavy atom. The predicted molar refractivity (Wildman–Crippen MR) is 38.1 cm³/mol. The largest absolute Gasteiger partial charge is 0.397 e. The molecule has 0 N–H and O–H groups in total. The molecule has 3 nitrogen and oxygen atoms in total. The van der Waals surface area contributed by atoms with Crippen LogP contribution in [0.5, 0.6) is 0 Å². The summed E-state index contributed by atoms with van der Waals surface area (Å²) in [7, 11) is 0. The van der Waals surface area contributed by atoms with Crippen molar-refractivity contribution < 1.29 is 17.7 Å². The third-order valence-electron chi connectivity index (χ3n) is 1.35. The second kappa shape index (κ2) is 3.35. The van der Waals surface area contributed by atoms with Crippen molar-refractivity contribution in [2.75, 3.05) is 0 Å². The van der Waals surface area contributed by atoms with Gasteiger partial charge in [-0.15, -0.1) is 0 Å². The minimum Gasteiger partial charge on any atom is -0.339 e. The molecule has 0 spiro atoms. The summed E-state index contributed by atoms with van der Waals surface area (Å²) in [4.78, 5) is 3.60. The quantitative estimate of drug-likeness (QED) is 0.725. The van der Waals surface area contributed by atoms with Gasteiger partial charge in [-0.2, -0.15) is 18.2 Å². The van der Waals surface area contributed by atoms with Crippen LogP contribution < -0.4 is 0 Å². The fourth-order valence-electron chi connectivity index (χ4n) is 0.746. The molecule has 0 radical (unpaired) electrons. The van der Waals surface area contributed by atoms with Crippen LogP contribution in [0, 0.1) is 0 Å². The van der Waals surface area contributed by atoms with Crippen LogP contribution in [0.15, 0.2) is 4.52 Å². The van der Waals surface area contributed by atoms with Crippen LogP contribution in [0.3, 0.4) is 0 Å². The molecule has 0 bridgehead atoms. The second-order valence-corrected chi connectivity index (χ2v) is 2.99. The monoisotopic (exact) mass is 194 g/mol. The SMILES string of the molecule is CC(C)c1noc(CC(F)(F)F)n1. The smallest absolute Gasteiger partial charge is 0.339 e. The molecule has 0 atom stereocenters. The lowest BCUT2D eigenvalue weighted by Gasteiger charge is -1.99. The van der Waals surface area contributed by atoms with E-state index in [1.807, 2.05) is 0 Å². The van der Waals surface area contributed by atoms with Crippen molar-refractivity contribution in [3.05, 3.63) is 11.7 Å². The van der Waals surface area contributed by atoms with Crippen molar-refractivity contribution >= 4 is 0 Å². The Hall–Kier alpha value is -1.07. The number of aromatic nitrogens is 2. The van der Waals surface area contributed by atoms with E-state index in [0.717, 1.165) is 0 Å². The van der Waals surface area contributed by atoms with Gasteiger partial charge >= 0.3 is 6.18 Å². The van der Waals surface area contributed by atoms with Gasteiger partial charge in [0.15, 0.2) is 5.82 Å². The molecule has 0 aliphatic rings. The Balaban J connectivity index is 2.70. The van der Waals surface area contributed by atoms with Gasteiger partial charge in [0.25, 0.3) is 0 Å². The topological polar surface area (TPSA) is 38.9 Å². The normalized spacial score (nSPS) is 12.5. The van der Waals surface area contributed by atoms with Crippen LogP contribution in [0.25, 0.3) is 0 Å². The first-order valence-electron chi connectivity index (χ1n) is 3.77. The van der Waals surface area contributed by atoms with Gasteiger partial charge in [0, 0.05) is 5.92 Å². The van der Waals surface area contributed by atoms with E-state index in [0.29, 0.717) is 5.82 Å². The van der Waals surface area contributed by atoms with Crippen molar-refractivity contribution in [3.8, 4) is 0 Å². The first kappa shape index (κ1) is 10.0. The number of alkyl halides is 3. The van der Waals surface area contributed by atoms with E-state index in [2.05, 4.69) is 14.7 Å². The van der Waals surface area contributed by atoms with Crippen molar-refractivity contribution in [2.24, 2.45) is 0 Å². The summed E-state index contributed by atoms with van der Waals surface area (Å²) in [6.45, 7) is 3.56. The van der Waals surface area contributed by atoms with E-state index in [1.54, 1.807) is 13.8 Å². The first-order valence-corrected chi connectivity index (χ1v) is 3.77. The number of halogens is 3. The number of rotatable bonds is 2. The Morgan fingerprint density at radius 3 is 2.38 bits per heavy atom. The molecule has 0 aliphatic carbocycles. The zero-order chi connectivity index (χ0) is 10.1. The molecule has 74 valence electrons. The molecule has 0 aliphatic heterocycles. The fraction of sp³-hybridized carbons (Fsp3) is 0.714. The average Bonchev–Trinajstić information content (AvgIpc) is 2.31. The Kier molecular flexibility index (Phi) is 2.58. The van der Waals surface area contributed by atoms with Gasteiger partial charge in [-0.05, 0) is 0 Å². The van der Waals surface area contributed by atoms with Gasteiger partial charge in [0.2, 0.25) is 5.89 Å². The molecule has 0 unspecified atom stereocenters. The maximum absolute atomic E-state index is 11.8. The summed E-state index contributed by atoms with van der Waals surface area (Å²) in [6, 6.07) is 0. The predicted octanol–water partition coefficient (Wildman–Crippen LogP) is 2.30. The molecule has 0 saturated heterocycles. The number of hydrogen-bond donors (Lipinski definition) is 0. The number of hydrogen-bond acceptors (Lipinski definition) is 3. The highest BCUT2D eigenvalue weighted by Crippen LogP contribution is 2.21. The van der Waals surface area contributed by atoms with Crippen LogP contribution in [-0.4, -0.2) is 16.3 Å². The summed E-state index contributed by atoms with van der Waals surface area (Å²) in [5.41, 5.74) is 0. The van der Waals surface area contributed by atoms with E-state index in [1.165, 1.54) is 0 Å². The maximum atomic E-state index is 11.8. The lowest BCUT2D eigenvalue weighted by Crippen LogP contribution is -2.11. The Labute approximate surface area is 72.9 Å². The van der Waals surface area contributed by atoms with Crippen LogP contribution in [0.1, 0.15) is 31.5 Å². The molecule has 13 heavy (non-hydrogen) atoms. The van der Waals surface area contributed by atoms with Crippen molar-refractivity contribution in [1.82, 2.24) is 10.1 Å². The highest BCUT2D eigenvalue weighted by Gasteiger charge is 2.31. The summed E-state index contributed by atoms with van der Waals surface area (Å²) in [5.74, 6) is -0.0961. The standard InChI is InChI=1S/C7H9F3N2O/c1-4(2)6-11-5(13-12-6)3-7(8,9)10/h4H,3H2,1-2H3. The molecular formula is C7H9F3N2O. The highest BCUT2D eigenvalue weighted by atomic mass is 19.4. The molecule has 0 amide bonds. The van der Waals surface area contributed by atoms with Crippen LogP contribution in [-0.2, 0) is 6.42 Å². The maximum Gasteiger partial charge on any atom is 0.397 e. The van der Waals surface area contributed by atoms with Crippen molar-refractivity contribution in [3.63, 3.8) is 0 Å². The summed E-state index contributed by atoms with van der Waals surface area (Å²) >= 11 is 0. The van der Waals surface area contributed by atoms with E-state index in [9.17, 15) is 13.2 Å². The minimum absolute atomic E-state index is 0.0225. The van der Waals surface area contributed by atoms with Gasteiger partial charge in [-0.3, -0.25) is 0 Å². The van der Waals surface area contributed by atoms with Gasteiger partial charge in [-0.1, -0.05) is 19.0 Å². The van der Waals surface area contributed by atoms with Gasteiger partial charge in [0.1, 0.15) is 6.42 Å². The molecular weight excluding hydrogens is 185 g/mol. The van der Waals surface area contributed by atoms with Gasteiger partial charge in [-0.25, -0.2) is 0 Å². The average molecular weight is 194 g/mol. The molecule has 1 aromatic heterocycles.